The fraction of sp³-hybridized carbons (Fsp3) is 0.478. The second-order valence-corrected chi connectivity index (χ2v) is 7.91. The average Bonchev–Trinajstić information content (AvgIpc) is 2.76. The van der Waals surface area contributed by atoms with Crippen LogP contribution in [0.25, 0.3) is 0 Å². The van der Waals surface area contributed by atoms with E-state index in [4.69, 9.17) is 19.9 Å². The molecule has 0 bridgehead atoms. The number of aliphatic hydroxyl groups excluding tert-OH is 1. The predicted molar refractivity (Wildman–Crippen MR) is 111 cm³/mol. The van der Waals surface area contributed by atoms with Crippen molar-refractivity contribution in [2.24, 2.45) is 5.92 Å². The van der Waals surface area contributed by atoms with Crippen LogP contribution in [0.3, 0.4) is 0 Å². The van der Waals surface area contributed by atoms with Gasteiger partial charge in [-0.05, 0) is 23.3 Å². The molecule has 2 saturated heterocycles. The molecule has 2 aliphatic heterocycles. The van der Waals surface area contributed by atoms with Crippen molar-refractivity contribution in [2.45, 2.75) is 32.0 Å². The van der Waals surface area contributed by atoms with Gasteiger partial charge in [0, 0.05) is 36.8 Å². The summed E-state index contributed by atoms with van der Waals surface area (Å²) in [5.74, 6) is 0.176. The molecular formula is C23H30N2O4. The Bertz CT molecular complexity index is 792. The third kappa shape index (κ3) is 4.79. The van der Waals surface area contributed by atoms with Crippen molar-refractivity contribution in [1.29, 1.82) is 0 Å². The maximum Gasteiger partial charge on any atom is 0.185 e. The van der Waals surface area contributed by atoms with E-state index in [9.17, 15) is 5.11 Å². The van der Waals surface area contributed by atoms with Gasteiger partial charge >= 0.3 is 0 Å². The molecule has 29 heavy (non-hydrogen) atoms. The maximum atomic E-state index is 9.35. The highest BCUT2D eigenvalue weighted by atomic mass is 16.7. The van der Waals surface area contributed by atoms with Crippen LogP contribution in [0, 0.1) is 5.92 Å². The zero-order valence-corrected chi connectivity index (χ0v) is 16.9. The quantitative estimate of drug-likeness (QED) is 0.754. The summed E-state index contributed by atoms with van der Waals surface area (Å²) in [6.07, 6.45) is -0.548. The van der Waals surface area contributed by atoms with Gasteiger partial charge in [0.1, 0.15) is 0 Å². The largest absolute Gasteiger partial charge is 0.399 e. The average molecular weight is 399 g/mol. The van der Waals surface area contributed by atoms with Crippen LogP contribution in [0.4, 0.5) is 5.69 Å². The number of morpholine rings is 1. The molecule has 2 aromatic rings. The molecule has 0 radical (unpaired) electrons. The lowest BCUT2D eigenvalue weighted by atomic mass is 9.90. The van der Waals surface area contributed by atoms with Crippen LogP contribution < -0.4 is 5.73 Å². The summed E-state index contributed by atoms with van der Waals surface area (Å²) in [6.45, 7) is 6.45. The Morgan fingerprint density at radius 1 is 1.03 bits per heavy atom. The van der Waals surface area contributed by atoms with Crippen LogP contribution >= 0.6 is 0 Å². The van der Waals surface area contributed by atoms with Gasteiger partial charge in [0.25, 0.3) is 0 Å². The van der Waals surface area contributed by atoms with E-state index >= 15 is 0 Å². The second kappa shape index (κ2) is 9.24. The van der Waals surface area contributed by atoms with Crippen molar-refractivity contribution >= 4 is 5.69 Å². The molecule has 156 valence electrons. The van der Waals surface area contributed by atoms with Crippen LogP contribution in [0.2, 0.25) is 0 Å². The number of benzene rings is 2. The summed E-state index contributed by atoms with van der Waals surface area (Å²) < 4.78 is 18.4. The van der Waals surface area contributed by atoms with Crippen molar-refractivity contribution in [3.05, 3.63) is 65.2 Å². The Morgan fingerprint density at radius 2 is 1.79 bits per heavy atom. The summed E-state index contributed by atoms with van der Waals surface area (Å²) >= 11 is 0. The summed E-state index contributed by atoms with van der Waals surface area (Å²) in [5.41, 5.74) is 9.62. The van der Waals surface area contributed by atoms with Gasteiger partial charge in [-0.1, -0.05) is 43.3 Å². The van der Waals surface area contributed by atoms with Crippen molar-refractivity contribution in [3.8, 4) is 0 Å². The third-order valence-corrected chi connectivity index (χ3v) is 5.85. The molecule has 0 aliphatic carbocycles. The zero-order valence-electron chi connectivity index (χ0n) is 16.9. The maximum absolute atomic E-state index is 9.35. The minimum Gasteiger partial charge on any atom is -0.399 e. The fourth-order valence-corrected chi connectivity index (χ4v) is 4.07. The number of nitrogens with zero attached hydrogens (tertiary/aromatic N) is 1. The molecule has 0 aromatic heterocycles. The van der Waals surface area contributed by atoms with E-state index in [1.165, 1.54) is 0 Å². The van der Waals surface area contributed by atoms with Gasteiger partial charge in [-0.25, -0.2) is 0 Å². The van der Waals surface area contributed by atoms with Crippen molar-refractivity contribution in [3.63, 3.8) is 0 Å². The number of anilines is 1. The summed E-state index contributed by atoms with van der Waals surface area (Å²) in [7, 11) is 0. The molecule has 6 heteroatoms. The molecule has 2 aromatic carbocycles. The Hall–Kier alpha value is -1.96. The summed E-state index contributed by atoms with van der Waals surface area (Å²) in [5, 5.41) is 9.35. The molecule has 0 amide bonds. The van der Waals surface area contributed by atoms with E-state index < -0.39 is 6.29 Å². The SMILES string of the molecule is C[C@@H]1[C@H](CN2CCOCC2)O[C@H](c2cccc(N)c2)O[C@@H]1c1ccc(CO)cc1. The Balaban J connectivity index is 1.59. The molecule has 0 unspecified atom stereocenters. The van der Waals surface area contributed by atoms with Gasteiger partial charge in [0.05, 0.1) is 32.0 Å². The standard InChI is InChI=1S/C23H30N2O4/c1-16-21(14-25-9-11-27-12-10-25)28-23(19-3-2-4-20(24)13-19)29-22(16)18-7-5-17(15-26)6-8-18/h2-8,13,16,21-23,26H,9-12,14-15,24H2,1H3/t16-,21+,22+,23+/m1/s1. The first kappa shape index (κ1) is 20.3. The zero-order chi connectivity index (χ0) is 20.2. The minimum absolute atomic E-state index is 0.0239. The van der Waals surface area contributed by atoms with Gasteiger partial charge in [0.2, 0.25) is 0 Å². The third-order valence-electron chi connectivity index (χ3n) is 5.85. The monoisotopic (exact) mass is 398 g/mol. The normalized spacial score (nSPS) is 28.3. The fourth-order valence-electron chi connectivity index (χ4n) is 4.07. The molecular weight excluding hydrogens is 368 g/mol. The van der Waals surface area contributed by atoms with E-state index in [1.807, 2.05) is 48.5 Å². The number of rotatable bonds is 5. The van der Waals surface area contributed by atoms with E-state index in [2.05, 4.69) is 11.8 Å². The molecule has 3 N–H and O–H groups in total. The molecule has 2 heterocycles. The van der Waals surface area contributed by atoms with Crippen LogP contribution in [-0.4, -0.2) is 49.0 Å². The lowest BCUT2D eigenvalue weighted by Gasteiger charge is -2.43. The number of nitrogens with two attached hydrogens (primary N) is 1. The number of ether oxygens (including phenoxy) is 3. The Kier molecular flexibility index (Phi) is 6.47. The molecule has 2 aliphatic rings. The minimum atomic E-state index is -0.469. The molecule has 0 spiro atoms. The van der Waals surface area contributed by atoms with Gasteiger partial charge in [-0.2, -0.15) is 0 Å². The van der Waals surface area contributed by atoms with E-state index in [1.54, 1.807) is 0 Å². The van der Waals surface area contributed by atoms with Crippen LogP contribution in [0.5, 0.6) is 0 Å². The van der Waals surface area contributed by atoms with Crippen molar-refractivity contribution in [1.82, 2.24) is 4.90 Å². The first-order valence-electron chi connectivity index (χ1n) is 10.3. The highest BCUT2D eigenvalue weighted by Crippen LogP contribution is 2.42. The van der Waals surface area contributed by atoms with Gasteiger partial charge in [0.15, 0.2) is 6.29 Å². The Labute approximate surface area is 172 Å². The van der Waals surface area contributed by atoms with E-state index in [0.29, 0.717) is 5.69 Å². The summed E-state index contributed by atoms with van der Waals surface area (Å²) in [6, 6.07) is 15.7. The van der Waals surface area contributed by atoms with Gasteiger partial charge < -0.3 is 25.1 Å². The lowest BCUT2D eigenvalue weighted by molar-refractivity contribution is -0.277. The van der Waals surface area contributed by atoms with E-state index in [0.717, 1.165) is 49.5 Å². The lowest BCUT2D eigenvalue weighted by Crippen LogP contribution is -2.47. The van der Waals surface area contributed by atoms with Crippen LogP contribution in [-0.2, 0) is 20.8 Å². The highest BCUT2D eigenvalue weighted by Gasteiger charge is 2.39. The first-order chi connectivity index (χ1) is 14.1. The van der Waals surface area contributed by atoms with Crippen LogP contribution in [0.15, 0.2) is 48.5 Å². The first-order valence-corrected chi connectivity index (χ1v) is 10.3. The van der Waals surface area contributed by atoms with Crippen LogP contribution in [0.1, 0.15) is 36.0 Å². The molecule has 6 nitrogen and oxygen atoms in total. The number of aliphatic hydroxyl groups is 1. The smallest absolute Gasteiger partial charge is 0.185 e. The van der Waals surface area contributed by atoms with Crippen molar-refractivity contribution < 1.29 is 19.3 Å². The Morgan fingerprint density at radius 3 is 2.48 bits per heavy atom. The summed E-state index contributed by atoms with van der Waals surface area (Å²) in [4.78, 5) is 2.40. The molecule has 2 fully saturated rings. The molecule has 4 rings (SSSR count). The predicted octanol–water partition coefficient (Wildman–Crippen LogP) is 2.88. The molecule has 4 atom stereocenters. The number of hydrogen-bond acceptors (Lipinski definition) is 6. The van der Waals surface area contributed by atoms with Gasteiger partial charge in [-0.15, -0.1) is 0 Å². The number of hydrogen-bond donors (Lipinski definition) is 2. The number of nitrogen functional groups attached to an aromatic ring is 1. The highest BCUT2D eigenvalue weighted by molar-refractivity contribution is 5.41. The second-order valence-electron chi connectivity index (χ2n) is 7.91. The van der Waals surface area contributed by atoms with Crippen molar-refractivity contribution in [2.75, 3.05) is 38.6 Å². The van der Waals surface area contributed by atoms with Gasteiger partial charge in [-0.3, -0.25) is 4.90 Å². The molecule has 0 saturated carbocycles. The topological polar surface area (TPSA) is 77.2 Å². The van der Waals surface area contributed by atoms with E-state index in [-0.39, 0.29) is 24.7 Å².